The number of rotatable bonds is 1. The van der Waals surface area contributed by atoms with Crippen LogP contribution >= 0.6 is 34.5 Å². The van der Waals surface area contributed by atoms with E-state index in [-0.39, 0.29) is 0 Å². The van der Waals surface area contributed by atoms with Gasteiger partial charge in [-0.25, -0.2) is 9.78 Å². The number of nitrogens with zero attached hydrogens (tertiary/aromatic N) is 2. The topological polar surface area (TPSA) is 42.3 Å². The first-order valence-electron chi connectivity index (χ1n) is 3.54. The summed E-state index contributed by atoms with van der Waals surface area (Å²) in [4.78, 5) is 17.5. The number of halogens is 2. The van der Waals surface area contributed by atoms with Crippen LogP contribution in [-0.2, 0) is 4.79 Å². The van der Waals surface area contributed by atoms with Crippen molar-refractivity contribution < 1.29 is 4.79 Å². The first-order chi connectivity index (χ1) is 6.70. The highest BCUT2D eigenvalue weighted by atomic mass is 35.5. The van der Waals surface area contributed by atoms with Crippen LogP contribution in [0.2, 0.25) is 10.0 Å². The molecule has 0 saturated heterocycles. The van der Waals surface area contributed by atoms with Crippen molar-refractivity contribution in [2.24, 2.45) is 4.99 Å². The second-order valence-electron chi connectivity index (χ2n) is 2.43. The maximum atomic E-state index is 10.0. The van der Waals surface area contributed by atoms with Crippen molar-refractivity contribution in [2.45, 2.75) is 0 Å². The summed E-state index contributed by atoms with van der Waals surface area (Å²) < 4.78 is 0.841. The second kappa shape index (κ2) is 3.67. The normalized spacial score (nSPS) is 10.1. The van der Waals surface area contributed by atoms with E-state index in [2.05, 4.69) is 9.98 Å². The Morgan fingerprint density at radius 1 is 1.36 bits per heavy atom. The zero-order valence-electron chi connectivity index (χ0n) is 6.62. The van der Waals surface area contributed by atoms with Crippen LogP contribution in [0.3, 0.4) is 0 Å². The lowest BCUT2D eigenvalue weighted by molar-refractivity contribution is 0.565. The number of aliphatic imine (C=N–C) groups is 1. The van der Waals surface area contributed by atoms with Gasteiger partial charge in [-0.3, -0.25) is 0 Å². The highest BCUT2D eigenvalue weighted by Gasteiger charge is 2.06. The molecule has 2 rings (SSSR count). The quantitative estimate of drug-likeness (QED) is 0.569. The largest absolute Gasteiger partial charge is 0.242 e. The Hall–Kier alpha value is -0.930. The molecule has 14 heavy (non-hydrogen) atoms. The number of aromatic nitrogens is 1. The molecule has 0 bridgehead atoms. The Labute approximate surface area is 93.0 Å². The van der Waals surface area contributed by atoms with Gasteiger partial charge in [0, 0.05) is 0 Å². The van der Waals surface area contributed by atoms with Crippen molar-refractivity contribution in [3.63, 3.8) is 0 Å². The molecular weight excluding hydrogens is 243 g/mol. The Balaban J connectivity index is 2.71. The van der Waals surface area contributed by atoms with Gasteiger partial charge in [-0.2, -0.15) is 0 Å². The minimum absolute atomic E-state index is 0.355. The number of carbonyl (C=O) groups excluding carboxylic acids is 1. The van der Waals surface area contributed by atoms with E-state index < -0.39 is 0 Å². The molecule has 0 atom stereocenters. The Morgan fingerprint density at radius 2 is 2.07 bits per heavy atom. The van der Waals surface area contributed by atoms with Crippen molar-refractivity contribution >= 4 is 56.0 Å². The summed E-state index contributed by atoms with van der Waals surface area (Å²) in [6, 6.07) is 3.33. The zero-order chi connectivity index (χ0) is 10.1. The summed E-state index contributed by atoms with van der Waals surface area (Å²) in [5.41, 5.74) is 0.679. The summed E-state index contributed by atoms with van der Waals surface area (Å²) in [5, 5.41) is 1.25. The lowest BCUT2D eigenvalue weighted by atomic mass is 10.3. The van der Waals surface area contributed by atoms with Crippen LogP contribution in [0.1, 0.15) is 0 Å². The molecule has 2 aromatic rings. The minimum atomic E-state index is 0.355. The van der Waals surface area contributed by atoms with Crippen LogP contribution in [0.25, 0.3) is 10.2 Å². The summed E-state index contributed by atoms with van der Waals surface area (Å²) in [6.45, 7) is 0. The van der Waals surface area contributed by atoms with E-state index in [1.807, 2.05) is 0 Å². The molecule has 0 saturated carbocycles. The smallest absolute Gasteiger partial charge is 0.218 e. The van der Waals surface area contributed by atoms with Crippen LogP contribution in [0.15, 0.2) is 17.1 Å². The average Bonchev–Trinajstić information content (AvgIpc) is 2.48. The number of fused-ring (bicyclic) bond motifs is 1. The van der Waals surface area contributed by atoms with Gasteiger partial charge >= 0.3 is 0 Å². The molecule has 1 heterocycles. The monoisotopic (exact) mass is 244 g/mol. The molecular formula is C8H2Cl2N2OS. The van der Waals surface area contributed by atoms with Crippen LogP contribution in [0, 0.1) is 0 Å². The molecule has 0 unspecified atom stereocenters. The predicted molar refractivity (Wildman–Crippen MR) is 57.4 cm³/mol. The van der Waals surface area contributed by atoms with Crippen molar-refractivity contribution in [1.82, 2.24) is 4.98 Å². The molecule has 3 nitrogen and oxygen atoms in total. The van der Waals surface area contributed by atoms with Gasteiger partial charge in [0.15, 0.2) is 0 Å². The SMILES string of the molecule is O=C=Nc1nc2cc(Cl)c(Cl)cc2s1. The van der Waals surface area contributed by atoms with Gasteiger partial charge in [0.25, 0.3) is 0 Å². The van der Waals surface area contributed by atoms with Crippen molar-refractivity contribution in [3.8, 4) is 0 Å². The molecule has 0 aliphatic heterocycles. The molecule has 0 amide bonds. The highest BCUT2D eigenvalue weighted by Crippen LogP contribution is 2.33. The molecule has 0 aliphatic carbocycles. The van der Waals surface area contributed by atoms with E-state index in [1.54, 1.807) is 12.1 Å². The van der Waals surface area contributed by atoms with Gasteiger partial charge in [-0.15, -0.1) is 4.99 Å². The van der Waals surface area contributed by atoms with Crippen LogP contribution in [0.5, 0.6) is 0 Å². The molecule has 0 fully saturated rings. The predicted octanol–water partition coefficient (Wildman–Crippen LogP) is 3.57. The van der Waals surface area contributed by atoms with E-state index >= 15 is 0 Å². The second-order valence-corrected chi connectivity index (χ2v) is 4.26. The van der Waals surface area contributed by atoms with E-state index in [1.165, 1.54) is 17.4 Å². The van der Waals surface area contributed by atoms with E-state index in [0.29, 0.717) is 20.7 Å². The standard InChI is InChI=1S/C8H2Cl2N2OS/c9-4-1-6-7(2-5(4)10)14-8(12-6)11-3-13/h1-2H. The Kier molecular flexibility index (Phi) is 2.52. The molecule has 70 valence electrons. The maximum Gasteiger partial charge on any atom is 0.242 e. The van der Waals surface area contributed by atoms with Gasteiger partial charge in [-0.05, 0) is 12.1 Å². The minimum Gasteiger partial charge on any atom is -0.218 e. The number of thiazole rings is 1. The number of isocyanates is 1. The molecule has 0 aliphatic rings. The van der Waals surface area contributed by atoms with Gasteiger partial charge in [0.1, 0.15) is 0 Å². The first-order valence-corrected chi connectivity index (χ1v) is 5.11. The summed E-state index contributed by atoms with van der Waals surface area (Å²) in [5.74, 6) is 0. The Morgan fingerprint density at radius 3 is 2.79 bits per heavy atom. The molecule has 1 aromatic heterocycles. The third-order valence-corrected chi connectivity index (χ3v) is 3.19. The fourth-order valence-electron chi connectivity index (χ4n) is 0.998. The van der Waals surface area contributed by atoms with Crippen LogP contribution in [-0.4, -0.2) is 11.1 Å². The summed E-state index contributed by atoms with van der Waals surface area (Å²) >= 11 is 12.9. The Bertz CT molecular complexity index is 507. The molecule has 6 heteroatoms. The molecule has 0 N–H and O–H groups in total. The molecule has 1 aromatic carbocycles. The molecule has 0 radical (unpaired) electrons. The maximum absolute atomic E-state index is 10.0. The third kappa shape index (κ3) is 1.65. The zero-order valence-corrected chi connectivity index (χ0v) is 8.95. The fraction of sp³-hybridized carbons (Fsp3) is 0. The van der Waals surface area contributed by atoms with Gasteiger partial charge in [-0.1, -0.05) is 34.5 Å². The van der Waals surface area contributed by atoms with Gasteiger partial charge < -0.3 is 0 Å². The van der Waals surface area contributed by atoms with E-state index in [9.17, 15) is 4.79 Å². The number of hydrogen-bond acceptors (Lipinski definition) is 4. The summed E-state index contributed by atoms with van der Waals surface area (Å²) in [7, 11) is 0. The van der Waals surface area contributed by atoms with E-state index in [4.69, 9.17) is 23.2 Å². The first kappa shape index (κ1) is 9.62. The summed E-state index contributed by atoms with van der Waals surface area (Å²) in [6.07, 6.45) is 1.43. The van der Waals surface area contributed by atoms with Crippen LogP contribution < -0.4 is 0 Å². The number of hydrogen-bond donors (Lipinski definition) is 0. The van der Waals surface area contributed by atoms with Crippen molar-refractivity contribution in [2.75, 3.05) is 0 Å². The van der Waals surface area contributed by atoms with E-state index in [0.717, 1.165) is 4.70 Å². The van der Waals surface area contributed by atoms with Gasteiger partial charge in [0.05, 0.1) is 20.3 Å². The van der Waals surface area contributed by atoms with Crippen molar-refractivity contribution in [1.29, 1.82) is 0 Å². The highest BCUT2D eigenvalue weighted by molar-refractivity contribution is 7.22. The lowest BCUT2D eigenvalue weighted by Gasteiger charge is -1.92. The third-order valence-electron chi connectivity index (χ3n) is 1.56. The lowest BCUT2D eigenvalue weighted by Crippen LogP contribution is -1.70. The average molecular weight is 245 g/mol. The molecule has 0 spiro atoms. The van der Waals surface area contributed by atoms with Crippen LogP contribution in [0.4, 0.5) is 5.13 Å². The fourth-order valence-corrected chi connectivity index (χ4v) is 2.19. The van der Waals surface area contributed by atoms with Crippen molar-refractivity contribution in [3.05, 3.63) is 22.2 Å². The number of benzene rings is 1. The van der Waals surface area contributed by atoms with Gasteiger partial charge in [0.2, 0.25) is 11.2 Å².